The van der Waals surface area contributed by atoms with E-state index in [2.05, 4.69) is 4.98 Å². The number of pyridine rings is 1. The third-order valence-electron chi connectivity index (χ3n) is 4.52. The molecule has 3 aromatic carbocycles. The molecule has 0 amide bonds. The summed E-state index contributed by atoms with van der Waals surface area (Å²) < 4.78 is 65.6. The molecule has 0 aliphatic carbocycles. The maximum absolute atomic E-state index is 14.6. The largest absolute Gasteiger partial charge is 0.458 e. The molecule has 4 aromatic rings. The molecule has 0 saturated carbocycles. The summed E-state index contributed by atoms with van der Waals surface area (Å²) >= 11 is 0. The summed E-state index contributed by atoms with van der Waals surface area (Å²) in [5, 5.41) is 0.182. The number of hydrogen-bond donors (Lipinski definition) is 0. The van der Waals surface area contributed by atoms with Gasteiger partial charge in [-0.1, -0.05) is 54.5 Å². The lowest BCUT2D eigenvalue weighted by atomic mass is 10.0. The van der Waals surface area contributed by atoms with Gasteiger partial charge in [0, 0.05) is 28.6 Å². The van der Waals surface area contributed by atoms with Gasteiger partial charge in [0.1, 0.15) is 11.6 Å². The second-order valence-electron chi connectivity index (χ2n) is 6.53. The molecule has 0 N–H and O–H groups in total. The second kappa shape index (κ2) is 7.60. The Labute approximate surface area is 168 Å². The summed E-state index contributed by atoms with van der Waals surface area (Å²) in [5.74, 6) is 0.169. The van der Waals surface area contributed by atoms with E-state index in [4.69, 9.17) is 0 Å². The van der Waals surface area contributed by atoms with E-state index in [1.54, 1.807) is 24.3 Å². The van der Waals surface area contributed by atoms with Crippen LogP contribution in [0.15, 0.2) is 72.9 Å². The lowest BCUT2D eigenvalue weighted by Gasteiger charge is -2.08. The average Bonchev–Trinajstić information content (AvgIpc) is 2.73. The molecule has 1 nitrogen and oxygen atoms in total. The van der Waals surface area contributed by atoms with Crippen LogP contribution in [0.2, 0.25) is 0 Å². The Morgan fingerprint density at radius 3 is 2.17 bits per heavy atom. The molecule has 0 bridgehead atoms. The van der Waals surface area contributed by atoms with Crippen LogP contribution >= 0.6 is 0 Å². The number of halogens is 5. The first kappa shape index (κ1) is 19.6. The van der Waals surface area contributed by atoms with Crippen molar-refractivity contribution in [1.82, 2.24) is 4.98 Å². The molecular formula is C24H12F5N. The van der Waals surface area contributed by atoms with Crippen LogP contribution in [0.3, 0.4) is 0 Å². The van der Waals surface area contributed by atoms with Crippen LogP contribution in [-0.4, -0.2) is 11.2 Å². The van der Waals surface area contributed by atoms with Crippen molar-refractivity contribution >= 4 is 10.8 Å². The van der Waals surface area contributed by atoms with Gasteiger partial charge in [-0.15, -0.1) is 0 Å². The summed E-state index contributed by atoms with van der Waals surface area (Å²) in [4.78, 5) is 4.42. The van der Waals surface area contributed by atoms with Crippen molar-refractivity contribution in [3.05, 3.63) is 90.1 Å². The topological polar surface area (TPSA) is 12.9 Å². The smallest absolute Gasteiger partial charge is 0.256 e. The van der Waals surface area contributed by atoms with Gasteiger partial charge in [0.25, 0.3) is 0 Å². The minimum atomic E-state index is -4.84. The standard InChI is InChI=1S/C24H12F5N/c25-21-13-18-12-16(6-8-19(18)23(26)20(21)10-11-24(27,28)29)22-9-7-17(14-30-22)15-4-2-1-3-5-15/h1-9,12-14H. The number of nitrogens with zero attached hydrogens (tertiary/aromatic N) is 1. The fourth-order valence-electron chi connectivity index (χ4n) is 3.10. The zero-order valence-electron chi connectivity index (χ0n) is 15.3. The van der Waals surface area contributed by atoms with Crippen LogP contribution in [0.4, 0.5) is 22.0 Å². The lowest BCUT2D eigenvalue weighted by Crippen LogP contribution is -2.02. The monoisotopic (exact) mass is 409 g/mol. The van der Waals surface area contributed by atoms with Crippen LogP contribution in [-0.2, 0) is 0 Å². The van der Waals surface area contributed by atoms with E-state index < -0.39 is 23.4 Å². The molecule has 0 unspecified atom stereocenters. The van der Waals surface area contributed by atoms with E-state index in [1.165, 1.54) is 12.1 Å². The normalized spacial score (nSPS) is 11.2. The summed E-state index contributed by atoms with van der Waals surface area (Å²) in [6.07, 6.45) is -3.14. The Kier molecular flexibility index (Phi) is 4.96. The maximum atomic E-state index is 14.6. The van der Waals surface area contributed by atoms with Crippen LogP contribution in [0.5, 0.6) is 0 Å². The van der Waals surface area contributed by atoms with Crippen molar-refractivity contribution in [2.75, 3.05) is 0 Å². The molecule has 0 fully saturated rings. The number of hydrogen-bond acceptors (Lipinski definition) is 1. The minimum absolute atomic E-state index is 0.0208. The zero-order valence-corrected chi connectivity index (χ0v) is 15.3. The third-order valence-corrected chi connectivity index (χ3v) is 4.52. The number of rotatable bonds is 2. The minimum Gasteiger partial charge on any atom is -0.256 e. The van der Waals surface area contributed by atoms with Gasteiger partial charge < -0.3 is 0 Å². The van der Waals surface area contributed by atoms with Gasteiger partial charge in [-0.05, 0) is 29.1 Å². The molecule has 4 rings (SSSR count). The molecule has 0 saturated heterocycles. The predicted octanol–water partition coefficient (Wildman–Crippen LogP) is 6.76. The highest BCUT2D eigenvalue weighted by atomic mass is 19.4. The van der Waals surface area contributed by atoms with Gasteiger partial charge in [0.15, 0.2) is 0 Å². The Bertz CT molecular complexity index is 1280. The van der Waals surface area contributed by atoms with E-state index in [-0.39, 0.29) is 10.8 Å². The summed E-state index contributed by atoms with van der Waals surface area (Å²) in [7, 11) is 0. The van der Waals surface area contributed by atoms with Crippen molar-refractivity contribution in [2.24, 2.45) is 0 Å². The summed E-state index contributed by atoms with van der Waals surface area (Å²) in [6, 6.07) is 18.8. The second-order valence-corrected chi connectivity index (χ2v) is 6.53. The van der Waals surface area contributed by atoms with Gasteiger partial charge in [-0.3, -0.25) is 4.98 Å². The van der Waals surface area contributed by atoms with E-state index in [0.29, 0.717) is 11.3 Å². The van der Waals surface area contributed by atoms with Crippen molar-refractivity contribution in [3.63, 3.8) is 0 Å². The van der Waals surface area contributed by atoms with E-state index in [1.807, 2.05) is 36.4 Å². The SMILES string of the molecule is Fc1cc2cc(-c3ccc(-c4ccccc4)cn3)ccc2c(F)c1C#CC(F)(F)F. The van der Waals surface area contributed by atoms with Crippen LogP contribution < -0.4 is 0 Å². The van der Waals surface area contributed by atoms with Crippen LogP contribution in [0.1, 0.15) is 5.56 Å². The first-order valence-corrected chi connectivity index (χ1v) is 8.85. The molecule has 1 heterocycles. The van der Waals surface area contributed by atoms with Crippen molar-refractivity contribution in [3.8, 4) is 34.2 Å². The predicted molar refractivity (Wildman–Crippen MR) is 105 cm³/mol. The van der Waals surface area contributed by atoms with Gasteiger partial charge in [-0.2, -0.15) is 13.2 Å². The highest BCUT2D eigenvalue weighted by Gasteiger charge is 2.24. The van der Waals surface area contributed by atoms with Crippen LogP contribution in [0.25, 0.3) is 33.2 Å². The van der Waals surface area contributed by atoms with E-state index in [9.17, 15) is 22.0 Å². The zero-order chi connectivity index (χ0) is 21.3. The van der Waals surface area contributed by atoms with Gasteiger partial charge in [0.05, 0.1) is 11.3 Å². The highest BCUT2D eigenvalue weighted by Crippen LogP contribution is 2.29. The molecule has 0 radical (unpaired) electrons. The maximum Gasteiger partial charge on any atom is 0.458 e. The summed E-state index contributed by atoms with van der Waals surface area (Å²) in [5.41, 5.74) is 2.24. The number of alkyl halides is 3. The molecule has 30 heavy (non-hydrogen) atoms. The van der Waals surface area contributed by atoms with Gasteiger partial charge in [0.2, 0.25) is 0 Å². The van der Waals surface area contributed by atoms with E-state index in [0.717, 1.165) is 23.1 Å². The lowest BCUT2D eigenvalue weighted by molar-refractivity contribution is -0.0696. The molecular weight excluding hydrogens is 397 g/mol. The van der Waals surface area contributed by atoms with E-state index >= 15 is 0 Å². The Morgan fingerprint density at radius 2 is 1.50 bits per heavy atom. The first-order chi connectivity index (χ1) is 14.3. The molecule has 0 atom stereocenters. The van der Waals surface area contributed by atoms with Crippen LogP contribution in [0, 0.1) is 23.5 Å². The number of fused-ring (bicyclic) bond motifs is 1. The Balaban J connectivity index is 1.73. The summed E-state index contributed by atoms with van der Waals surface area (Å²) in [6.45, 7) is 0. The first-order valence-electron chi connectivity index (χ1n) is 8.85. The number of aromatic nitrogens is 1. The molecule has 0 aliphatic heterocycles. The molecule has 148 valence electrons. The molecule has 1 aromatic heterocycles. The molecule has 0 spiro atoms. The Hall–Kier alpha value is -3.72. The average molecular weight is 409 g/mol. The van der Waals surface area contributed by atoms with Crippen molar-refractivity contribution in [1.29, 1.82) is 0 Å². The number of benzene rings is 3. The fourth-order valence-corrected chi connectivity index (χ4v) is 3.10. The molecule has 0 aliphatic rings. The highest BCUT2D eigenvalue weighted by molar-refractivity contribution is 5.89. The third kappa shape index (κ3) is 4.01. The van der Waals surface area contributed by atoms with Gasteiger partial charge >= 0.3 is 6.18 Å². The van der Waals surface area contributed by atoms with Crippen molar-refractivity contribution in [2.45, 2.75) is 6.18 Å². The van der Waals surface area contributed by atoms with Gasteiger partial charge in [-0.25, -0.2) is 8.78 Å². The van der Waals surface area contributed by atoms with Crippen molar-refractivity contribution < 1.29 is 22.0 Å². The molecule has 6 heteroatoms. The Morgan fingerprint density at radius 1 is 0.767 bits per heavy atom. The fraction of sp³-hybridized carbons (Fsp3) is 0.0417. The quantitative estimate of drug-likeness (QED) is 0.263.